The predicted molar refractivity (Wildman–Crippen MR) is 85.9 cm³/mol. The van der Waals surface area contributed by atoms with Gasteiger partial charge in [0.15, 0.2) is 6.33 Å². The number of H-pyrrole nitrogens is 1. The maximum Gasteiger partial charge on any atom is 0.311 e. The van der Waals surface area contributed by atoms with Gasteiger partial charge in [-0.3, -0.25) is 14.3 Å². The number of halogens is 1. The summed E-state index contributed by atoms with van der Waals surface area (Å²) in [6.07, 6.45) is 1.89. The zero-order valence-corrected chi connectivity index (χ0v) is 13.1. The van der Waals surface area contributed by atoms with Crippen molar-refractivity contribution in [3.8, 4) is 0 Å². The van der Waals surface area contributed by atoms with Gasteiger partial charge in [0.2, 0.25) is 5.52 Å². The lowest BCUT2D eigenvalue weighted by molar-refractivity contribution is -0.693. The lowest BCUT2D eigenvalue weighted by Crippen LogP contribution is -2.36. The van der Waals surface area contributed by atoms with Gasteiger partial charge >= 0.3 is 5.65 Å². The molecule has 0 atom stereocenters. The van der Waals surface area contributed by atoms with Crippen molar-refractivity contribution in [1.82, 2.24) is 14.5 Å². The zero-order valence-electron chi connectivity index (χ0n) is 12.4. The van der Waals surface area contributed by atoms with E-state index < -0.39 is 0 Å². The van der Waals surface area contributed by atoms with E-state index in [0.29, 0.717) is 22.7 Å². The Labute approximate surface area is 132 Å². The Kier molecular flexibility index (Phi) is 3.62. The highest BCUT2D eigenvalue weighted by Crippen LogP contribution is 2.13. The molecule has 7 heteroatoms. The summed E-state index contributed by atoms with van der Waals surface area (Å²) in [6.45, 7) is 4.62. The van der Waals surface area contributed by atoms with Crippen LogP contribution in [-0.2, 0) is 6.54 Å². The van der Waals surface area contributed by atoms with Crippen molar-refractivity contribution >= 4 is 28.7 Å². The molecule has 3 aromatic rings. The average Bonchev–Trinajstić information content (AvgIpc) is 2.80. The van der Waals surface area contributed by atoms with Crippen LogP contribution < -0.4 is 15.9 Å². The Morgan fingerprint density at radius 3 is 2.68 bits per heavy atom. The molecule has 2 aromatic heterocycles. The maximum atomic E-state index is 12.3. The van der Waals surface area contributed by atoms with Crippen LogP contribution in [0.15, 0.2) is 35.4 Å². The van der Waals surface area contributed by atoms with Gasteiger partial charge in [0.25, 0.3) is 11.5 Å². The van der Waals surface area contributed by atoms with Crippen molar-refractivity contribution in [3.63, 3.8) is 0 Å². The van der Waals surface area contributed by atoms with Crippen LogP contribution in [0.3, 0.4) is 0 Å². The molecule has 6 nitrogen and oxygen atoms in total. The second kappa shape index (κ2) is 5.46. The molecule has 0 aliphatic rings. The molecule has 114 valence electrons. The third kappa shape index (κ3) is 2.57. The quantitative estimate of drug-likeness (QED) is 0.723. The van der Waals surface area contributed by atoms with Gasteiger partial charge in [-0.25, -0.2) is 4.57 Å². The standard InChI is InChI=1S/C15H16ClN5O/c1-9(2)21-8-20(7-10-3-5-11(16)6-4-10)12-13(21)18-15(17)19-14(12)22/h3-6,8-9H,7H2,1-2H3,(H2-,17,18,19,22)/p+1. The van der Waals surface area contributed by atoms with Gasteiger partial charge in [-0.1, -0.05) is 28.7 Å². The number of hydrogen-bond donors (Lipinski definition) is 2. The highest BCUT2D eigenvalue weighted by atomic mass is 35.5. The molecule has 0 amide bonds. The van der Waals surface area contributed by atoms with Gasteiger partial charge in [-0.15, -0.1) is 0 Å². The fraction of sp³-hybridized carbons (Fsp3) is 0.267. The monoisotopic (exact) mass is 318 g/mol. The number of hydrogen-bond acceptors (Lipinski definition) is 3. The summed E-state index contributed by atoms with van der Waals surface area (Å²) in [6, 6.07) is 7.71. The molecular weight excluding hydrogens is 302 g/mol. The molecular formula is C15H17ClN5O+. The molecule has 0 spiro atoms. The van der Waals surface area contributed by atoms with Crippen LogP contribution in [0.25, 0.3) is 11.2 Å². The molecule has 0 unspecified atom stereocenters. The van der Waals surface area contributed by atoms with E-state index in [2.05, 4.69) is 9.97 Å². The number of imidazole rings is 1. The van der Waals surface area contributed by atoms with Crippen molar-refractivity contribution in [2.45, 2.75) is 26.4 Å². The molecule has 0 radical (unpaired) electrons. The van der Waals surface area contributed by atoms with E-state index in [1.54, 1.807) is 0 Å². The SMILES string of the molecule is CC(C)[n+]1cn(Cc2ccc(Cl)cc2)c2c(=O)[nH]c(N)nc21. The second-order valence-corrected chi connectivity index (χ2v) is 5.93. The minimum atomic E-state index is -0.240. The van der Waals surface area contributed by atoms with Crippen LogP contribution in [0.4, 0.5) is 5.95 Å². The molecule has 22 heavy (non-hydrogen) atoms. The van der Waals surface area contributed by atoms with E-state index >= 15 is 0 Å². The number of anilines is 1. The summed E-state index contributed by atoms with van der Waals surface area (Å²) in [4.78, 5) is 19.1. The van der Waals surface area contributed by atoms with Gasteiger partial charge < -0.3 is 5.73 Å². The summed E-state index contributed by atoms with van der Waals surface area (Å²) >= 11 is 5.91. The first-order valence-electron chi connectivity index (χ1n) is 7.00. The zero-order chi connectivity index (χ0) is 15.9. The van der Waals surface area contributed by atoms with E-state index in [0.717, 1.165) is 5.56 Å². The first kappa shape index (κ1) is 14.6. The van der Waals surface area contributed by atoms with Crippen LogP contribution in [0, 0.1) is 0 Å². The van der Waals surface area contributed by atoms with Crippen molar-refractivity contribution in [1.29, 1.82) is 0 Å². The van der Waals surface area contributed by atoms with E-state index in [1.165, 1.54) is 0 Å². The van der Waals surface area contributed by atoms with Crippen molar-refractivity contribution in [2.75, 3.05) is 5.73 Å². The minimum absolute atomic E-state index is 0.121. The summed E-state index contributed by atoms with van der Waals surface area (Å²) in [5.41, 5.74) is 7.58. The average molecular weight is 319 g/mol. The Morgan fingerprint density at radius 2 is 2.05 bits per heavy atom. The number of nitrogens with zero attached hydrogens (tertiary/aromatic N) is 3. The minimum Gasteiger partial charge on any atom is -0.355 e. The molecule has 1 aromatic carbocycles. The number of nitrogen functional groups attached to an aromatic ring is 1. The Bertz CT molecular complexity index is 879. The number of nitrogens with two attached hydrogens (primary N) is 1. The highest BCUT2D eigenvalue weighted by molar-refractivity contribution is 6.30. The molecule has 0 bridgehead atoms. The predicted octanol–water partition coefficient (Wildman–Crippen LogP) is 1.88. The Balaban J connectivity index is 2.17. The molecule has 0 aliphatic carbocycles. The fourth-order valence-corrected chi connectivity index (χ4v) is 2.58. The van der Waals surface area contributed by atoms with Crippen molar-refractivity contribution in [2.24, 2.45) is 0 Å². The molecule has 3 rings (SSSR count). The Hall–Kier alpha value is -2.34. The number of aromatic amines is 1. The summed E-state index contributed by atoms with van der Waals surface area (Å²) in [5, 5.41) is 0.686. The number of fused-ring (bicyclic) bond motifs is 1. The number of aromatic nitrogens is 4. The van der Waals surface area contributed by atoms with Gasteiger partial charge in [-0.2, -0.15) is 0 Å². The van der Waals surface area contributed by atoms with Gasteiger partial charge in [-0.05, 0) is 31.5 Å². The first-order valence-corrected chi connectivity index (χ1v) is 7.37. The third-order valence-electron chi connectivity index (χ3n) is 3.51. The largest absolute Gasteiger partial charge is 0.355 e. The van der Waals surface area contributed by atoms with Crippen LogP contribution in [0.2, 0.25) is 5.02 Å². The van der Waals surface area contributed by atoms with E-state index in [4.69, 9.17) is 17.3 Å². The third-order valence-corrected chi connectivity index (χ3v) is 3.76. The van der Waals surface area contributed by atoms with Crippen molar-refractivity contribution in [3.05, 3.63) is 51.5 Å². The van der Waals surface area contributed by atoms with Gasteiger partial charge in [0.1, 0.15) is 0 Å². The van der Waals surface area contributed by atoms with E-state index in [-0.39, 0.29) is 17.5 Å². The molecule has 3 N–H and O–H groups in total. The van der Waals surface area contributed by atoms with E-state index in [1.807, 2.05) is 53.6 Å². The normalized spacial score (nSPS) is 11.5. The van der Waals surface area contributed by atoms with Crippen LogP contribution in [0.1, 0.15) is 25.5 Å². The Morgan fingerprint density at radius 1 is 1.36 bits per heavy atom. The van der Waals surface area contributed by atoms with Crippen LogP contribution in [-0.4, -0.2) is 14.5 Å². The van der Waals surface area contributed by atoms with Crippen molar-refractivity contribution < 1.29 is 4.57 Å². The lowest BCUT2D eigenvalue weighted by atomic mass is 10.2. The smallest absolute Gasteiger partial charge is 0.311 e. The highest BCUT2D eigenvalue weighted by Gasteiger charge is 2.22. The maximum absolute atomic E-state index is 12.3. The van der Waals surface area contributed by atoms with Crippen LogP contribution >= 0.6 is 11.6 Å². The van der Waals surface area contributed by atoms with E-state index in [9.17, 15) is 4.79 Å². The summed E-state index contributed by atoms with van der Waals surface area (Å²) in [7, 11) is 0. The molecule has 2 heterocycles. The molecule has 0 fully saturated rings. The number of rotatable bonds is 3. The van der Waals surface area contributed by atoms with Gasteiger partial charge in [0, 0.05) is 5.02 Å². The molecule has 0 saturated heterocycles. The second-order valence-electron chi connectivity index (χ2n) is 5.49. The number of nitrogens with one attached hydrogen (secondary N) is 1. The first-order chi connectivity index (χ1) is 10.5. The lowest BCUT2D eigenvalue weighted by Gasteiger charge is -2.01. The number of benzene rings is 1. The van der Waals surface area contributed by atoms with Crippen LogP contribution in [0.5, 0.6) is 0 Å². The topological polar surface area (TPSA) is 80.6 Å². The molecule has 0 saturated carbocycles. The molecule has 0 aliphatic heterocycles. The van der Waals surface area contributed by atoms with Gasteiger partial charge in [0.05, 0.1) is 12.6 Å². The summed E-state index contributed by atoms with van der Waals surface area (Å²) in [5.74, 6) is 0.121. The fourth-order valence-electron chi connectivity index (χ4n) is 2.46. The summed E-state index contributed by atoms with van der Waals surface area (Å²) < 4.78 is 3.82.